The number of hydrogen-bond acceptors (Lipinski definition) is 4. The Bertz CT molecular complexity index is 685. The third-order valence-corrected chi connectivity index (χ3v) is 2.90. The summed E-state index contributed by atoms with van der Waals surface area (Å²) in [7, 11) is 0. The summed E-state index contributed by atoms with van der Waals surface area (Å²) < 4.78 is 14.5. The Kier molecular flexibility index (Phi) is 3.30. The molecule has 2 rings (SSSR count). The third kappa shape index (κ3) is 2.45. The van der Waals surface area contributed by atoms with Crippen LogP contribution in [0, 0.1) is 15.9 Å². The van der Waals surface area contributed by atoms with E-state index < -0.39 is 16.7 Å². The lowest BCUT2D eigenvalue weighted by molar-refractivity contribution is -0.384. The minimum Gasteiger partial charge on any atom is -0.476 e. The molecule has 0 atom stereocenters. The van der Waals surface area contributed by atoms with Crippen molar-refractivity contribution in [1.29, 1.82) is 0 Å². The zero-order valence-electron chi connectivity index (χ0n) is 9.08. The Labute approximate surface area is 113 Å². The molecule has 1 heterocycles. The maximum Gasteiger partial charge on any atom is 0.356 e. The van der Waals surface area contributed by atoms with Crippen molar-refractivity contribution in [2.45, 2.75) is 0 Å². The van der Waals surface area contributed by atoms with Gasteiger partial charge in [-0.25, -0.2) is 14.2 Å². The van der Waals surface area contributed by atoms with E-state index in [-0.39, 0.29) is 21.5 Å². The van der Waals surface area contributed by atoms with Crippen LogP contribution in [0.5, 0.6) is 0 Å². The standard InChI is InChI=1S/C10H5BrFN3O4/c11-5-1-9(15(18)19)8(2-6(5)12)14-3-7(10(16)17)13-4-14/h1-4H,(H,16,17). The summed E-state index contributed by atoms with van der Waals surface area (Å²) in [4.78, 5) is 24.5. The molecule has 1 N–H and O–H groups in total. The van der Waals surface area contributed by atoms with Crippen molar-refractivity contribution in [2.75, 3.05) is 0 Å². The van der Waals surface area contributed by atoms with Crippen LogP contribution in [0.2, 0.25) is 0 Å². The fourth-order valence-corrected chi connectivity index (χ4v) is 1.78. The van der Waals surface area contributed by atoms with Gasteiger partial charge in [-0.1, -0.05) is 0 Å². The topological polar surface area (TPSA) is 98.3 Å². The van der Waals surface area contributed by atoms with Crippen molar-refractivity contribution in [3.8, 4) is 5.69 Å². The number of nitrogens with zero attached hydrogens (tertiary/aromatic N) is 3. The van der Waals surface area contributed by atoms with Gasteiger partial charge in [-0.15, -0.1) is 0 Å². The summed E-state index contributed by atoms with van der Waals surface area (Å²) in [5, 5.41) is 19.6. The quantitative estimate of drug-likeness (QED) is 0.688. The molecule has 0 spiro atoms. The number of benzene rings is 1. The predicted octanol–water partition coefficient (Wildman–Crippen LogP) is 2.38. The smallest absolute Gasteiger partial charge is 0.356 e. The first-order valence-corrected chi connectivity index (χ1v) is 5.60. The average molecular weight is 330 g/mol. The molecular weight excluding hydrogens is 325 g/mol. The van der Waals surface area contributed by atoms with Crippen molar-refractivity contribution >= 4 is 27.6 Å². The van der Waals surface area contributed by atoms with Gasteiger partial charge in [0.25, 0.3) is 5.69 Å². The summed E-state index contributed by atoms with van der Waals surface area (Å²) in [6, 6.07) is 1.93. The molecule has 0 unspecified atom stereocenters. The van der Waals surface area contributed by atoms with E-state index >= 15 is 0 Å². The Balaban J connectivity index is 2.62. The Morgan fingerprint density at radius 1 is 1.53 bits per heavy atom. The van der Waals surface area contributed by atoms with E-state index in [4.69, 9.17) is 5.11 Å². The molecule has 0 aliphatic carbocycles. The SMILES string of the molecule is O=C(O)c1cn(-c2cc(F)c(Br)cc2[N+](=O)[O-])cn1. The molecule has 7 nitrogen and oxygen atoms in total. The molecule has 0 aliphatic heterocycles. The van der Waals surface area contributed by atoms with E-state index in [0.717, 1.165) is 29.2 Å². The number of halogens is 2. The van der Waals surface area contributed by atoms with Crippen molar-refractivity contribution in [2.24, 2.45) is 0 Å². The van der Waals surface area contributed by atoms with Gasteiger partial charge in [-0.2, -0.15) is 0 Å². The average Bonchev–Trinajstić information content (AvgIpc) is 2.81. The second-order valence-electron chi connectivity index (χ2n) is 3.48. The number of carboxylic acid groups (broad SMARTS) is 1. The summed E-state index contributed by atoms with van der Waals surface area (Å²) in [5.41, 5.74) is -0.772. The van der Waals surface area contributed by atoms with Crippen LogP contribution in [0.1, 0.15) is 10.5 Å². The molecule has 19 heavy (non-hydrogen) atoms. The minimum atomic E-state index is -1.28. The second-order valence-corrected chi connectivity index (χ2v) is 4.34. The molecule has 0 fully saturated rings. The Morgan fingerprint density at radius 2 is 2.21 bits per heavy atom. The van der Waals surface area contributed by atoms with Gasteiger partial charge in [-0.3, -0.25) is 14.7 Å². The highest BCUT2D eigenvalue weighted by Crippen LogP contribution is 2.29. The van der Waals surface area contributed by atoms with Gasteiger partial charge < -0.3 is 5.11 Å². The number of imidazole rings is 1. The van der Waals surface area contributed by atoms with E-state index in [1.165, 1.54) is 0 Å². The second kappa shape index (κ2) is 4.76. The van der Waals surface area contributed by atoms with Gasteiger partial charge in [0.1, 0.15) is 17.8 Å². The lowest BCUT2D eigenvalue weighted by Gasteiger charge is -2.04. The summed E-state index contributed by atoms with van der Waals surface area (Å²) in [6.45, 7) is 0. The van der Waals surface area contributed by atoms with Crippen molar-refractivity contribution in [3.05, 3.63) is 50.8 Å². The largest absolute Gasteiger partial charge is 0.476 e. The van der Waals surface area contributed by atoms with Crippen molar-refractivity contribution in [1.82, 2.24) is 9.55 Å². The monoisotopic (exact) mass is 329 g/mol. The predicted molar refractivity (Wildman–Crippen MR) is 64.8 cm³/mol. The van der Waals surface area contributed by atoms with Crippen LogP contribution in [0.25, 0.3) is 5.69 Å². The first-order valence-electron chi connectivity index (χ1n) is 4.81. The lowest BCUT2D eigenvalue weighted by atomic mass is 10.2. The number of carbonyl (C=O) groups is 1. The number of rotatable bonds is 3. The number of carboxylic acids is 1. The molecule has 9 heteroatoms. The van der Waals surface area contributed by atoms with Crippen LogP contribution in [0.15, 0.2) is 29.1 Å². The fourth-order valence-electron chi connectivity index (χ4n) is 1.44. The number of aromatic carboxylic acids is 1. The normalized spacial score (nSPS) is 10.4. The summed E-state index contributed by atoms with van der Waals surface area (Å²) in [5.74, 6) is -1.98. The molecule has 1 aromatic carbocycles. The fraction of sp³-hybridized carbons (Fsp3) is 0. The number of aromatic nitrogens is 2. The van der Waals surface area contributed by atoms with Gasteiger partial charge in [0.15, 0.2) is 5.69 Å². The Morgan fingerprint density at radius 3 is 2.74 bits per heavy atom. The highest BCUT2D eigenvalue weighted by atomic mass is 79.9. The van der Waals surface area contributed by atoms with Crippen molar-refractivity contribution < 1.29 is 19.2 Å². The van der Waals surface area contributed by atoms with Crippen LogP contribution >= 0.6 is 15.9 Å². The van der Waals surface area contributed by atoms with Gasteiger partial charge in [0, 0.05) is 18.3 Å². The maximum atomic E-state index is 13.5. The van der Waals surface area contributed by atoms with E-state index in [9.17, 15) is 19.3 Å². The van der Waals surface area contributed by atoms with E-state index in [1.807, 2.05) is 0 Å². The molecule has 0 bridgehead atoms. The molecule has 0 saturated heterocycles. The highest BCUT2D eigenvalue weighted by molar-refractivity contribution is 9.10. The van der Waals surface area contributed by atoms with Crippen LogP contribution in [-0.2, 0) is 0 Å². The van der Waals surface area contributed by atoms with Gasteiger partial charge in [0.2, 0.25) is 0 Å². The Hall–Kier alpha value is -2.29. The third-order valence-electron chi connectivity index (χ3n) is 2.29. The molecule has 2 aromatic rings. The zero-order chi connectivity index (χ0) is 14.2. The molecule has 0 amide bonds. The van der Waals surface area contributed by atoms with Gasteiger partial charge in [0.05, 0.1) is 9.40 Å². The highest BCUT2D eigenvalue weighted by Gasteiger charge is 2.20. The lowest BCUT2D eigenvalue weighted by Crippen LogP contribution is -2.00. The van der Waals surface area contributed by atoms with E-state index in [2.05, 4.69) is 20.9 Å². The zero-order valence-corrected chi connectivity index (χ0v) is 10.7. The summed E-state index contributed by atoms with van der Waals surface area (Å²) >= 11 is 2.85. The molecule has 0 saturated carbocycles. The molecule has 98 valence electrons. The van der Waals surface area contributed by atoms with E-state index in [0.29, 0.717) is 0 Å². The van der Waals surface area contributed by atoms with Gasteiger partial charge >= 0.3 is 5.97 Å². The first-order chi connectivity index (χ1) is 8.90. The van der Waals surface area contributed by atoms with Crippen LogP contribution in [0.3, 0.4) is 0 Å². The van der Waals surface area contributed by atoms with Crippen molar-refractivity contribution in [3.63, 3.8) is 0 Å². The number of hydrogen-bond donors (Lipinski definition) is 1. The van der Waals surface area contributed by atoms with Crippen LogP contribution < -0.4 is 0 Å². The van der Waals surface area contributed by atoms with E-state index in [1.54, 1.807) is 0 Å². The molecule has 1 aromatic heterocycles. The first kappa shape index (κ1) is 13.1. The summed E-state index contributed by atoms with van der Waals surface area (Å²) in [6.07, 6.45) is 2.14. The number of nitro benzene ring substituents is 1. The number of nitro groups is 1. The van der Waals surface area contributed by atoms with Crippen LogP contribution in [0.4, 0.5) is 10.1 Å². The van der Waals surface area contributed by atoms with Crippen LogP contribution in [-0.4, -0.2) is 25.6 Å². The molecular formula is C10H5BrFN3O4. The van der Waals surface area contributed by atoms with Gasteiger partial charge in [-0.05, 0) is 15.9 Å². The minimum absolute atomic E-state index is 0.0541. The molecule has 0 radical (unpaired) electrons. The molecule has 0 aliphatic rings. The maximum absolute atomic E-state index is 13.5.